The Labute approximate surface area is 198 Å². The summed E-state index contributed by atoms with van der Waals surface area (Å²) in [6.45, 7) is 2.54. The molecule has 2 aromatic carbocycles. The van der Waals surface area contributed by atoms with Gasteiger partial charge < -0.3 is 20.0 Å². The molecule has 3 heterocycles. The fourth-order valence-corrected chi connectivity index (χ4v) is 5.19. The molecule has 0 aliphatic carbocycles. The Bertz CT molecular complexity index is 1070. The minimum atomic E-state index is -0.0401. The van der Waals surface area contributed by atoms with Crippen LogP contribution in [0.15, 0.2) is 66.0 Å². The molecule has 3 N–H and O–H groups in total. The molecule has 1 amide bonds. The van der Waals surface area contributed by atoms with Gasteiger partial charge in [0.25, 0.3) is 0 Å². The maximum Gasteiger partial charge on any atom is 0.230 e. The van der Waals surface area contributed by atoms with Crippen LogP contribution in [-0.2, 0) is 11.3 Å². The van der Waals surface area contributed by atoms with Crippen LogP contribution in [0.4, 0.5) is 0 Å². The Morgan fingerprint density at radius 1 is 1.21 bits per heavy atom. The number of thioether (sulfide) groups is 1. The molecule has 3 unspecified atom stereocenters. The number of carbonyl (C=O) groups is 1. The Balaban J connectivity index is 1.14. The number of carbonyl (C=O) groups excluding carboxylic acids is 1. The number of nitrogens with zero attached hydrogens (tertiary/aromatic N) is 3. The number of amidine groups is 1. The van der Waals surface area contributed by atoms with Crippen LogP contribution in [0.25, 0.3) is 0 Å². The molecule has 2 aromatic rings. The first kappa shape index (κ1) is 21.7. The van der Waals surface area contributed by atoms with E-state index in [0.717, 1.165) is 22.9 Å². The largest absolute Gasteiger partial charge is 0.496 e. The lowest BCUT2D eigenvalue weighted by atomic mass is 9.99. The van der Waals surface area contributed by atoms with Crippen molar-refractivity contribution in [2.24, 2.45) is 5.10 Å². The van der Waals surface area contributed by atoms with Crippen LogP contribution >= 0.6 is 11.8 Å². The van der Waals surface area contributed by atoms with Crippen LogP contribution < -0.4 is 20.9 Å². The molecular weight excluding hydrogens is 436 g/mol. The highest BCUT2D eigenvalue weighted by Crippen LogP contribution is 2.35. The highest BCUT2D eigenvalue weighted by Gasteiger charge is 2.44. The molecule has 0 bridgehead atoms. The summed E-state index contributed by atoms with van der Waals surface area (Å²) in [4.78, 5) is 14.6. The molecule has 3 aliphatic rings. The van der Waals surface area contributed by atoms with Gasteiger partial charge in [-0.3, -0.25) is 10.2 Å². The van der Waals surface area contributed by atoms with Crippen molar-refractivity contribution in [1.82, 2.24) is 26.1 Å². The molecule has 0 radical (unpaired) electrons. The summed E-state index contributed by atoms with van der Waals surface area (Å²) >= 11 is 1.44. The average molecular weight is 465 g/mol. The Morgan fingerprint density at radius 2 is 2.03 bits per heavy atom. The van der Waals surface area contributed by atoms with Gasteiger partial charge in [-0.05, 0) is 25.0 Å². The molecule has 1 saturated heterocycles. The maximum absolute atomic E-state index is 12.4. The molecule has 0 spiro atoms. The predicted octanol–water partition coefficient (Wildman–Crippen LogP) is 2.66. The number of hydrazone groups is 1. The van der Waals surface area contributed by atoms with Gasteiger partial charge in [-0.2, -0.15) is 5.10 Å². The summed E-state index contributed by atoms with van der Waals surface area (Å²) in [7, 11) is 1.63. The molecule has 1 fully saturated rings. The van der Waals surface area contributed by atoms with Crippen molar-refractivity contribution in [2.75, 3.05) is 12.9 Å². The van der Waals surface area contributed by atoms with Crippen LogP contribution in [0.1, 0.15) is 29.2 Å². The number of amides is 1. The monoisotopic (exact) mass is 464 g/mol. The van der Waals surface area contributed by atoms with Gasteiger partial charge >= 0.3 is 0 Å². The van der Waals surface area contributed by atoms with Gasteiger partial charge in [-0.1, -0.05) is 59.8 Å². The number of hydrazine groups is 1. The normalized spacial score (nSPS) is 23.0. The van der Waals surface area contributed by atoms with Crippen LogP contribution in [-0.4, -0.2) is 46.1 Å². The SMILES string of the molecule is COc1ccccc1CNC(=O)CSC1=NNC2C3CC(c4ccc(C)cc4)NN3C=CN12. The summed E-state index contributed by atoms with van der Waals surface area (Å²) in [5, 5.41) is 10.5. The van der Waals surface area contributed by atoms with Crippen LogP contribution in [0.3, 0.4) is 0 Å². The highest BCUT2D eigenvalue weighted by molar-refractivity contribution is 8.14. The first-order chi connectivity index (χ1) is 16.1. The van der Waals surface area contributed by atoms with Gasteiger partial charge in [0, 0.05) is 24.5 Å². The smallest absolute Gasteiger partial charge is 0.230 e. The second-order valence-electron chi connectivity index (χ2n) is 8.35. The van der Waals surface area contributed by atoms with E-state index in [0.29, 0.717) is 12.3 Å². The Morgan fingerprint density at radius 3 is 2.85 bits per heavy atom. The number of fused-ring (bicyclic) bond motifs is 3. The van der Waals surface area contributed by atoms with Crippen LogP contribution in [0.5, 0.6) is 5.75 Å². The fraction of sp³-hybridized carbons (Fsp3) is 0.333. The molecular formula is C24H28N6O2S. The molecule has 3 aliphatic heterocycles. The molecule has 0 aromatic heterocycles. The van der Waals surface area contributed by atoms with Crippen molar-refractivity contribution in [3.63, 3.8) is 0 Å². The maximum atomic E-state index is 12.4. The summed E-state index contributed by atoms with van der Waals surface area (Å²) in [5.41, 5.74) is 10.4. The molecule has 8 nitrogen and oxygen atoms in total. The van der Waals surface area contributed by atoms with Gasteiger partial charge in [0.05, 0.1) is 24.9 Å². The molecule has 3 atom stereocenters. The van der Waals surface area contributed by atoms with Crippen LogP contribution in [0, 0.1) is 6.92 Å². The lowest BCUT2D eigenvalue weighted by Crippen LogP contribution is -2.54. The van der Waals surface area contributed by atoms with E-state index in [9.17, 15) is 4.79 Å². The minimum Gasteiger partial charge on any atom is -0.496 e. The van der Waals surface area contributed by atoms with Crippen molar-refractivity contribution in [3.8, 4) is 5.75 Å². The van der Waals surface area contributed by atoms with Crippen LogP contribution in [0.2, 0.25) is 0 Å². The zero-order valence-electron chi connectivity index (χ0n) is 18.7. The first-order valence-corrected chi connectivity index (χ1v) is 12.0. The second-order valence-corrected chi connectivity index (χ2v) is 9.30. The van der Waals surface area contributed by atoms with E-state index >= 15 is 0 Å². The van der Waals surface area contributed by atoms with E-state index in [1.165, 1.54) is 22.9 Å². The number of methoxy groups -OCH3 is 1. The lowest BCUT2D eigenvalue weighted by Gasteiger charge is -2.36. The zero-order chi connectivity index (χ0) is 22.8. The van der Waals surface area contributed by atoms with Crippen molar-refractivity contribution in [3.05, 3.63) is 77.6 Å². The van der Waals surface area contributed by atoms with Gasteiger partial charge in [-0.25, -0.2) is 5.43 Å². The van der Waals surface area contributed by atoms with E-state index in [1.807, 2.05) is 30.5 Å². The number of para-hydroxylation sites is 1. The average Bonchev–Trinajstić information content (AvgIpc) is 3.46. The third-order valence-electron chi connectivity index (χ3n) is 6.19. The van der Waals surface area contributed by atoms with Gasteiger partial charge in [0.1, 0.15) is 11.9 Å². The number of hydrogen-bond donors (Lipinski definition) is 3. The Hall–Kier alpha value is -3.17. The van der Waals surface area contributed by atoms with E-state index < -0.39 is 0 Å². The quantitative estimate of drug-likeness (QED) is 0.606. The predicted molar refractivity (Wildman–Crippen MR) is 130 cm³/mol. The number of nitrogens with one attached hydrogen (secondary N) is 3. The molecule has 172 valence electrons. The summed E-state index contributed by atoms with van der Waals surface area (Å²) in [5.74, 6) is 1.03. The number of aryl methyl sites for hydroxylation is 1. The minimum absolute atomic E-state index is 0.0390. The fourth-order valence-electron chi connectivity index (χ4n) is 4.39. The molecule has 9 heteroatoms. The Kier molecular flexibility index (Phi) is 6.15. The third kappa shape index (κ3) is 4.51. The van der Waals surface area contributed by atoms with Crippen molar-refractivity contribution < 1.29 is 9.53 Å². The second kappa shape index (κ2) is 9.36. The third-order valence-corrected chi connectivity index (χ3v) is 7.15. The number of ether oxygens (including phenoxy) is 1. The molecule has 33 heavy (non-hydrogen) atoms. The topological polar surface area (TPSA) is 81.2 Å². The number of hydrogen-bond acceptors (Lipinski definition) is 8. The number of rotatable bonds is 6. The highest BCUT2D eigenvalue weighted by atomic mass is 32.2. The molecule has 0 saturated carbocycles. The van der Waals surface area contributed by atoms with Gasteiger partial charge in [-0.15, -0.1) is 0 Å². The van der Waals surface area contributed by atoms with E-state index in [-0.39, 0.29) is 24.2 Å². The first-order valence-electron chi connectivity index (χ1n) is 11.0. The van der Waals surface area contributed by atoms with Crippen molar-refractivity contribution >= 4 is 22.8 Å². The summed E-state index contributed by atoms with van der Waals surface area (Å²) in [6.07, 6.45) is 5.08. The molecule has 5 rings (SSSR count). The van der Waals surface area contributed by atoms with Gasteiger partial charge in [0.2, 0.25) is 5.91 Å². The lowest BCUT2D eigenvalue weighted by molar-refractivity contribution is -0.118. The van der Waals surface area contributed by atoms with Crippen molar-refractivity contribution in [1.29, 1.82) is 0 Å². The van der Waals surface area contributed by atoms with Crippen molar-refractivity contribution in [2.45, 2.75) is 38.1 Å². The summed E-state index contributed by atoms with van der Waals surface area (Å²) < 4.78 is 5.35. The van der Waals surface area contributed by atoms with Gasteiger partial charge in [0.15, 0.2) is 5.17 Å². The standard InChI is InChI=1S/C24H28N6O2S/c1-16-7-9-17(10-8-16)19-13-20-23-26-27-24(29(23)11-12-30(20)28-19)33-15-22(31)25-14-18-5-3-4-6-21(18)32-2/h3-12,19-20,23,26,28H,13-15H2,1-2H3,(H,25,31). The van der Waals surface area contributed by atoms with E-state index in [1.54, 1.807) is 7.11 Å². The van der Waals surface area contributed by atoms with E-state index in [2.05, 4.69) is 68.6 Å². The zero-order valence-corrected chi connectivity index (χ0v) is 19.5. The number of benzene rings is 2. The summed E-state index contributed by atoms with van der Waals surface area (Å²) in [6, 6.07) is 16.9. The van der Waals surface area contributed by atoms with E-state index in [4.69, 9.17) is 4.74 Å².